The van der Waals surface area contributed by atoms with Crippen LogP contribution in [0.3, 0.4) is 0 Å². The Balaban J connectivity index is 1.64. The number of benzene rings is 1. The number of nitrogens with one attached hydrogen (secondary N) is 11. The summed E-state index contributed by atoms with van der Waals surface area (Å²) in [5, 5.41) is 52.9. The Morgan fingerprint density at radius 2 is 1.28 bits per heavy atom. The summed E-state index contributed by atoms with van der Waals surface area (Å²) in [5.41, 5.74) is 4.71. The molecule has 82 heavy (non-hydrogen) atoms. The average Bonchev–Trinajstić information content (AvgIpc) is 4.39. The van der Waals surface area contributed by atoms with Crippen LogP contribution in [-0.2, 0) is 56.0 Å². The second kappa shape index (κ2) is 32.4. The normalized spacial score (nSPS) is 18.7. The zero-order chi connectivity index (χ0) is 60.7. The number of phenolic OH excluding ortho intramolecular Hbond substituents is 1. The second-order valence-electron chi connectivity index (χ2n) is 22.6. The van der Waals surface area contributed by atoms with Crippen LogP contribution in [0, 0.1) is 22.7 Å². The number of aromatic nitrogens is 2. The zero-order valence-corrected chi connectivity index (χ0v) is 49.1. The van der Waals surface area contributed by atoms with E-state index in [1.54, 1.807) is 4.90 Å². The summed E-state index contributed by atoms with van der Waals surface area (Å²) in [6.45, 7) is 15.2. The number of H-pyrrole nitrogens is 1. The lowest BCUT2D eigenvalue weighted by atomic mass is 9.62. The molecule has 2 aliphatic rings. The maximum absolute atomic E-state index is 15.3. The number of hydrogen-bond acceptors (Lipinski definition) is 13. The monoisotopic (exact) mass is 1150 g/mol. The fraction of sp³-hybridized carbons (Fsp3) is 0.667. The van der Waals surface area contributed by atoms with E-state index in [4.69, 9.17) is 11.1 Å². The summed E-state index contributed by atoms with van der Waals surface area (Å²) in [4.78, 5) is 136. The summed E-state index contributed by atoms with van der Waals surface area (Å²) in [6, 6.07) is -3.24. The SMILES string of the molecule is CCCC1(CCC)CCN(C(=O)[C@H](CCCNC(=N)N)NC(=O)[C@H](CC(C)C)NC(=O)[C@@H](CC(C)C)NC(=O)[C@H](Cc2ccc(O)cc2)NC(=O)[C@H](CO)NC(=O)[C@H](Cc2c[nH]cn2)NC(=O)[C@@H]2CCC(=O)N2)[C@]1(CCC)C(=O)NCC. The Labute approximate surface area is 481 Å². The van der Waals surface area contributed by atoms with E-state index < -0.39 is 101 Å². The first kappa shape index (κ1) is 67.2. The number of aromatic hydroxyl groups is 1. The van der Waals surface area contributed by atoms with Crippen molar-refractivity contribution >= 4 is 59.1 Å². The largest absolute Gasteiger partial charge is 0.508 e. The highest BCUT2D eigenvalue weighted by atomic mass is 16.3. The summed E-state index contributed by atoms with van der Waals surface area (Å²) >= 11 is 0. The van der Waals surface area contributed by atoms with Crippen LogP contribution in [0.1, 0.15) is 150 Å². The summed E-state index contributed by atoms with van der Waals surface area (Å²) in [6.07, 6.45) is 8.04. The lowest BCUT2D eigenvalue weighted by molar-refractivity contribution is -0.154. The van der Waals surface area contributed by atoms with Gasteiger partial charge in [-0.25, -0.2) is 4.98 Å². The number of hydrogen-bond donors (Lipinski definition) is 14. The van der Waals surface area contributed by atoms with Crippen molar-refractivity contribution in [2.45, 2.75) is 200 Å². The molecule has 0 aliphatic carbocycles. The smallest absolute Gasteiger partial charge is 0.246 e. The molecular weight excluding hydrogens is 1060 g/mol. The van der Waals surface area contributed by atoms with Gasteiger partial charge >= 0.3 is 0 Å². The number of aliphatic hydroxyl groups excluding tert-OH is 1. The van der Waals surface area contributed by atoms with Crippen LogP contribution in [-0.4, -0.2) is 158 Å². The van der Waals surface area contributed by atoms with Crippen LogP contribution in [0.2, 0.25) is 0 Å². The molecule has 15 N–H and O–H groups in total. The molecule has 3 heterocycles. The van der Waals surface area contributed by atoms with Gasteiger partial charge in [0.1, 0.15) is 53.6 Å². The third-order valence-corrected chi connectivity index (χ3v) is 15.2. The molecule has 9 amide bonds. The highest BCUT2D eigenvalue weighted by Gasteiger charge is 2.63. The topological polar surface area (TPSA) is 384 Å². The number of carbonyl (C=O) groups excluding carboxylic acids is 9. The van der Waals surface area contributed by atoms with Gasteiger partial charge in [0.25, 0.3) is 0 Å². The zero-order valence-electron chi connectivity index (χ0n) is 49.1. The standard InChI is InChI=1S/C57H92N14O11/c1-9-21-56(22-10-2)24-26-71(57(56,23-11-3)54(82)61-12-4)53(81)40(14-13-25-62-55(58)59)65-48(76)41(27-34(5)6)66-49(77)42(28-35(7)8)67-50(78)43(29-36-15-17-38(73)18-16-36)68-52(80)45(32-72)70-51(79)44(30-37-31-60-33-63-37)69-47(75)39-19-20-46(74)64-39/h15-18,31,33-35,39-45,72-73H,9-14,19-30,32H2,1-8H3,(H,60,63)(H,61,82)(H,64,74)(H,65,76)(H,66,77)(H,67,78)(H,68,80)(H,69,75)(H,70,79)(H4,58,59,62)/t39-,40-,41-,42+,43-,44-,45-,57+/m0/s1. The number of nitrogens with zero attached hydrogens (tertiary/aromatic N) is 2. The number of nitrogens with two attached hydrogens (primary N) is 1. The van der Waals surface area contributed by atoms with Crippen molar-refractivity contribution in [3.8, 4) is 5.75 Å². The van der Waals surface area contributed by atoms with Gasteiger partial charge in [-0.3, -0.25) is 48.6 Å². The van der Waals surface area contributed by atoms with Gasteiger partial charge in [0, 0.05) is 50.5 Å². The predicted molar refractivity (Wildman–Crippen MR) is 307 cm³/mol. The van der Waals surface area contributed by atoms with Gasteiger partial charge in [0.05, 0.1) is 18.6 Å². The van der Waals surface area contributed by atoms with Crippen molar-refractivity contribution in [1.29, 1.82) is 5.41 Å². The van der Waals surface area contributed by atoms with Gasteiger partial charge in [-0.05, 0) is 94.2 Å². The average molecular weight is 1150 g/mol. The minimum absolute atomic E-state index is 0.0618. The van der Waals surface area contributed by atoms with E-state index in [2.05, 4.69) is 71.7 Å². The van der Waals surface area contributed by atoms with Gasteiger partial charge in [-0.2, -0.15) is 0 Å². The highest BCUT2D eigenvalue weighted by molar-refractivity contribution is 5.99. The number of guanidine groups is 1. The Morgan fingerprint density at radius 1 is 0.744 bits per heavy atom. The number of rotatable bonds is 34. The summed E-state index contributed by atoms with van der Waals surface area (Å²) in [5.74, 6) is -6.51. The molecule has 2 aromatic rings. The third-order valence-electron chi connectivity index (χ3n) is 15.2. The Morgan fingerprint density at radius 3 is 1.78 bits per heavy atom. The molecule has 2 aliphatic heterocycles. The van der Waals surface area contributed by atoms with Gasteiger partial charge < -0.3 is 73.7 Å². The molecule has 0 bridgehead atoms. The number of amides is 9. The first-order valence-electron chi connectivity index (χ1n) is 29.1. The molecule has 25 heteroatoms. The minimum atomic E-state index is -1.67. The molecule has 2 saturated heterocycles. The van der Waals surface area contributed by atoms with Crippen LogP contribution in [0.25, 0.3) is 0 Å². The minimum Gasteiger partial charge on any atom is -0.508 e. The van der Waals surface area contributed by atoms with Crippen molar-refractivity contribution in [2.75, 3.05) is 26.2 Å². The third kappa shape index (κ3) is 18.6. The Hall–Kier alpha value is -7.31. The number of carbonyl (C=O) groups is 9. The van der Waals surface area contributed by atoms with Gasteiger partial charge in [0.15, 0.2) is 5.96 Å². The Kier molecular flexibility index (Phi) is 26.5. The number of aromatic amines is 1. The fourth-order valence-corrected chi connectivity index (χ4v) is 11.5. The molecular formula is C57H92N14O11. The lowest BCUT2D eigenvalue weighted by Gasteiger charge is -2.49. The van der Waals surface area contributed by atoms with Crippen molar-refractivity contribution < 1.29 is 53.4 Å². The fourth-order valence-electron chi connectivity index (χ4n) is 11.5. The molecule has 0 unspecified atom stereocenters. The van der Waals surface area contributed by atoms with E-state index in [9.17, 15) is 48.6 Å². The first-order chi connectivity index (χ1) is 39.0. The van der Waals surface area contributed by atoms with Crippen molar-refractivity contribution in [3.05, 3.63) is 48.0 Å². The molecule has 1 aromatic carbocycles. The van der Waals surface area contributed by atoms with Crippen molar-refractivity contribution in [3.63, 3.8) is 0 Å². The van der Waals surface area contributed by atoms with Gasteiger partial charge in [0.2, 0.25) is 53.2 Å². The van der Waals surface area contributed by atoms with Crippen LogP contribution >= 0.6 is 0 Å². The lowest BCUT2D eigenvalue weighted by Crippen LogP contribution is -2.67. The van der Waals surface area contributed by atoms with Crippen LogP contribution in [0.15, 0.2) is 36.8 Å². The van der Waals surface area contributed by atoms with E-state index in [1.807, 2.05) is 41.5 Å². The van der Waals surface area contributed by atoms with Crippen LogP contribution < -0.4 is 53.6 Å². The predicted octanol–water partition coefficient (Wildman–Crippen LogP) is 0.930. The van der Waals surface area contributed by atoms with E-state index in [0.717, 1.165) is 12.8 Å². The van der Waals surface area contributed by atoms with Gasteiger partial charge in [-0.15, -0.1) is 0 Å². The number of likely N-dealkylation sites (tertiary alicyclic amines) is 1. The van der Waals surface area contributed by atoms with Crippen LogP contribution in [0.5, 0.6) is 5.75 Å². The van der Waals surface area contributed by atoms with E-state index in [1.165, 1.54) is 36.8 Å². The van der Waals surface area contributed by atoms with E-state index in [0.29, 0.717) is 56.3 Å². The molecule has 0 spiro atoms. The first-order valence-corrected chi connectivity index (χ1v) is 29.1. The molecule has 456 valence electrons. The van der Waals surface area contributed by atoms with E-state index >= 15 is 4.79 Å². The van der Waals surface area contributed by atoms with Gasteiger partial charge in [-0.1, -0.05) is 79.9 Å². The maximum Gasteiger partial charge on any atom is 0.246 e. The molecule has 0 saturated carbocycles. The molecule has 4 rings (SSSR count). The number of aliphatic hydroxyl groups is 1. The molecule has 8 atom stereocenters. The second-order valence-corrected chi connectivity index (χ2v) is 22.6. The number of likely N-dealkylation sites (N-methyl/N-ethyl adjacent to an activating group) is 1. The number of imidazole rings is 1. The summed E-state index contributed by atoms with van der Waals surface area (Å²) in [7, 11) is 0. The van der Waals surface area contributed by atoms with E-state index in [-0.39, 0.29) is 93.4 Å². The maximum atomic E-state index is 15.3. The number of phenols is 1. The summed E-state index contributed by atoms with van der Waals surface area (Å²) < 4.78 is 0. The van der Waals surface area contributed by atoms with Crippen LogP contribution in [0.4, 0.5) is 0 Å². The molecule has 1 aromatic heterocycles. The Bertz CT molecular complexity index is 2470. The molecule has 2 fully saturated rings. The highest BCUT2D eigenvalue weighted by Crippen LogP contribution is 2.54. The quantitative estimate of drug-likeness (QED) is 0.0264. The van der Waals surface area contributed by atoms with Crippen molar-refractivity contribution in [2.24, 2.45) is 23.0 Å². The van der Waals surface area contributed by atoms with Crippen molar-refractivity contribution in [1.82, 2.24) is 62.7 Å². The molecule has 25 nitrogen and oxygen atoms in total. The molecule has 0 radical (unpaired) electrons.